The zero-order valence-electron chi connectivity index (χ0n) is 12.3. The third-order valence-electron chi connectivity index (χ3n) is 3.43. The average Bonchev–Trinajstić information content (AvgIpc) is 2.50. The van der Waals surface area contributed by atoms with Crippen LogP contribution in [0.15, 0.2) is 30.3 Å². The largest absolute Gasteiger partial charge is 0.480 e. The van der Waals surface area contributed by atoms with Crippen molar-refractivity contribution in [1.29, 1.82) is 0 Å². The molecule has 7 heteroatoms. The van der Waals surface area contributed by atoms with Crippen LogP contribution < -0.4 is 16.8 Å². The lowest BCUT2D eigenvalue weighted by Crippen LogP contribution is -2.55. The Balaban J connectivity index is 2.79. The molecule has 3 atom stereocenters. The lowest BCUT2D eigenvalue weighted by Gasteiger charge is -2.26. The first-order valence-electron chi connectivity index (χ1n) is 7.17. The minimum atomic E-state index is -1.18. The van der Waals surface area contributed by atoms with Gasteiger partial charge in [0, 0.05) is 6.04 Å². The van der Waals surface area contributed by atoms with E-state index < -0.39 is 30.1 Å². The summed E-state index contributed by atoms with van der Waals surface area (Å²) in [6, 6.07) is 6.40. The Morgan fingerprint density at radius 3 is 2.27 bits per heavy atom. The van der Waals surface area contributed by atoms with E-state index in [0.29, 0.717) is 19.4 Å². The molecule has 0 spiro atoms. The molecule has 0 bridgehead atoms. The molecule has 0 aliphatic heterocycles. The van der Waals surface area contributed by atoms with Crippen molar-refractivity contribution in [1.82, 2.24) is 5.32 Å². The number of hydrogen-bond donors (Lipinski definition) is 5. The second-order valence-electron chi connectivity index (χ2n) is 5.15. The zero-order chi connectivity index (χ0) is 16.5. The van der Waals surface area contributed by atoms with Gasteiger partial charge < -0.3 is 21.7 Å². The summed E-state index contributed by atoms with van der Waals surface area (Å²) in [6.07, 6.45) is 1.22. The van der Waals surface area contributed by atoms with Crippen molar-refractivity contribution < 1.29 is 19.8 Å². The first-order valence-corrected chi connectivity index (χ1v) is 7.17. The highest BCUT2D eigenvalue weighted by molar-refractivity contribution is 5.76. The molecule has 7 N–H and O–H groups in total. The molecular weight excluding hydrogens is 286 g/mol. The second-order valence-corrected chi connectivity index (χ2v) is 5.15. The first-order chi connectivity index (χ1) is 10.5. The highest BCUT2D eigenvalue weighted by Gasteiger charge is 2.28. The predicted octanol–water partition coefficient (Wildman–Crippen LogP) is -0.209. The Bertz CT molecular complexity index is 481. The van der Waals surface area contributed by atoms with E-state index in [-0.39, 0.29) is 6.42 Å². The highest BCUT2D eigenvalue weighted by Crippen LogP contribution is 2.08. The Morgan fingerprint density at radius 2 is 1.77 bits per heavy atom. The van der Waals surface area contributed by atoms with Crippen LogP contribution in [-0.2, 0) is 16.0 Å². The highest BCUT2D eigenvalue weighted by atomic mass is 16.4. The number of carboxylic acids is 2. The summed E-state index contributed by atoms with van der Waals surface area (Å²) in [4.78, 5) is 22.5. The van der Waals surface area contributed by atoms with Gasteiger partial charge in [-0.25, -0.2) is 0 Å². The number of benzene rings is 1. The molecule has 0 amide bonds. The summed E-state index contributed by atoms with van der Waals surface area (Å²) < 4.78 is 0. The maximum atomic E-state index is 11.4. The van der Waals surface area contributed by atoms with Gasteiger partial charge in [0.25, 0.3) is 0 Å². The van der Waals surface area contributed by atoms with Crippen molar-refractivity contribution in [3.05, 3.63) is 35.9 Å². The van der Waals surface area contributed by atoms with Crippen molar-refractivity contribution in [2.45, 2.75) is 37.4 Å². The fourth-order valence-electron chi connectivity index (χ4n) is 2.20. The fourth-order valence-corrected chi connectivity index (χ4v) is 2.20. The molecule has 0 aliphatic rings. The third kappa shape index (κ3) is 5.80. The van der Waals surface area contributed by atoms with Gasteiger partial charge in [-0.3, -0.25) is 14.9 Å². The smallest absolute Gasteiger partial charge is 0.322 e. The average molecular weight is 309 g/mol. The number of carboxylic acid groups (broad SMARTS) is 2. The van der Waals surface area contributed by atoms with Gasteiger partial charge in [0.05, 0.1) is 0 Å². The molecular formula is C15H23N3O4. The van der Waals surface area contributed by atoms with Gasteiger partial charge in [0.1, 0.15) is 12.1 Å². The second kappa shape index (κ2) is 9.14. The quantitative estimate of drug-likeness (QED) is 0.403. The van der Waals surface area contributed by atoms with Crippen molar-refractivity contribution in [3.8, 4) is 0 Å². The number of aliphatic carboxylic acids is 2. The van der Waals surface area contributed by atoms with Crippen LogP contribution in [0.4, 0.5) is 0 Å². The Morgan fingerprint density at radius 1 is 1.14 bits per heavy atom. The lowest BCUT2D eigenvalue weighted by atomic mass is 9.99. The Hall–Kier alpha value is -1.96. The van der Waals surface area contributed by atoms with E-state index in [4.69, 9.17) is 16.6 Å². The molecule has 1 aromatic rings. The topological polar surface area (TPSA) is 139 Å². The molecule has 0 fully saturated rings. The molecule has 0 saturated carbocycles. The summed E-state index contributed by atoms with van der Waals surface area (Å²) in [5.41, 5.74) is 11.9. The molecule has 0 radical (unpaired) electrons. The van der Waals surface area contributed by atoms with E-state index >= 15 is 0 Å². The summed E-state index contributed by atoms with van der Waals surface area (Å²) >= 11 is 0. The van der Waals surface area contributed by atoms with Crippen LogP contribution in [-0.4, -0.2) is 46.8 Å². The summed E-state index contributed by atoms with van der Waals surface area (Å²) in [5, 5.41) is 21.3. The van der Waals surface area contributed by atoms with Crippen molar-refractivity contribution in [3.63, 3.8) is 0 Å². The van der Waals surface area contributed by atoms with Gasteiger partial charge in [0.15, 0.2) is 0 Å². The predicted molar refractivity (Wildman–Crippen MR) is 82.4 cm³/mol. The monoisotopic (exact) mass is 309 g/mol. The minimum absolute atomic E-state index is 0.252. The molecule has 0 aromatic heterocycles. The number of carbonyl (C=O) groups is 2. The molecule has 122 valence electrons. The molecule has 22 heavy (non-hydrogen) atoms. The van der Waals surface area contributed by atoms with Gasteiger partial charge in [-0.05, 0) is 31.4 Å². The van der Waals surface area contributed by atoms with E-state index in [9.17, 15) is 14.7 Å². The molecule has 1 aromatic carbocycles. The van der Waals surface area contributed by atoms with Crippen LogP contribution >= 0.6 is 0 Å². The van der Waals surface area contributed by atoms with E-state index in [1.54, 1.807) is 0 Å². The number of nitrogens with one attached hydrogen (secondary N) is 1. The summed E-state index contributed by atoms with van der Waals surface area (Å²) in [7, 11) is 0. The zero-order valence-corrected chi connectivity index (χ0v) is 12.3. The third-order valence-corrected chi connectivity index (χ3v) is 3.43. The fraction of sp³-hybridized carbons (Fsp3) is 0.467. The molecule has 7 nitrogen and oxygen atoms in total. The van der Waals surface area contributed by atoms with E-state index in [1.807, 2.05) is 30.3 Å². The molecule has 0 heterocycles. The number of rotatable bonds is 10. The summed E-state index contributed by atoms with van der Waals surface area (Å²) in [5.74, 6) is -2.21. The normalized spacial score (nSPS) is 15.0. The van der Waals surface area contributed by atoms with Gasteiger partial charge in [-0.1, -0.05) is 30.3 Å². The SMILES string of the molecule is NCCC[C@H](N[C@@H](Cc1ccccc1)C(=O)O)[C@H](N)C(=O)O. The summed E-state index contributed by atoms with van der Waals surface area (Å²) in [6.45, 7) is 0.390. The van der Waals surface area contributed by atoms with Crippen LogP contribution in [0.2, 0.25) is 0 Å². The number of nitrogens with two attached hydrogens (primary N) is 2. The van der Waals surface area contributed by atoms with E-state index in [1.165, 1.54) is 0 Å². The maximum absolute atomic E-state index is 11.4. The van der Waals surface area contributed by atoms with Crippen LogP contribution in [0.25, 0.3) is 0 Å². The van der Waals surface area contributed by atoms with E-state index in [0.717, 1.165) is 5.56 Å². The van der Waals surface area contributed by atoms with Crippen LogP contribution in [0, 0.1) is 0 Å². The molecule has 0 aliphatic carbocycles. The Kier molecular flexibility index (Phi) is 7.51. The van der Waals surface area contributed by atoms with Gasteiger partial charge in [-0.2, -0.15) is 0 Å². The molecule has 0 unspecified atom stereocenters. The van der Waals surface area contributed by atoms with Crippen molar-refractivity contribution in [2.24, 2.45) is 11.5 Å². The van der Waals surface area contributed by atoms with Gasteiger partial charge >= 0.3 is 11.9 Å². The van der Waals surface area contributed by atoms with Crippen molar-refractivity contribution in [2.75, 3.05) is 6.54 Å². The van der Waals surface area contributed by atoms with Gasteiger partial charge in [-0.15, -0.1) is 0 Å². The Labute approximate surface area is 129 Å². The van der Waals surface area contributed by atoms with Crippen LogP contribution in [0.3, 0.4) is 0 Å². The standard InChI is InChI=1S/C15H23N3O4/c16-8-4-7-11(13(17)15(21)22)18-12(14(19)20)9-10-5-2-1-3-6-10/h1-3,5-6,11-13,18H,4,7-9,16-17H2,(H,19,20)(H,21,22)/t11-,12-,13-/m0/s1. The maximum Gasteiger partial charge on any atom is 0.322 e. The van der Waals surface area contributed by atoms with Crippen molar-refractivity contribution >= 4 is 11.9 Å². The minimum Gasteiger partial charge on any atom is -0.480 e. The lowest BCUT2D eigenvalue weighted by molar-refractivity contribution is -0.142. The van der Waals surface area contributed by atoms with E-state index in [2.05, 4.69) is 5.32 Å². The first kappa shape index (κ1) is 18.1. The van der Waals surface area contributed by atoms with Gasteiger partial charge in [0.2, 0.25) is 0 Å². The molecule has 1 rings (SSSR count). The molecule has 0 saturated heterocycles. The van der Waals surface area contributed by atoms with Crippen LogP contribution in [0.5, 0.6) is 0 Å². The number of hydrogen-bond acceptors (Lipinski definition) is 5. The van der Waals surface area contributed by atoms with Crippen LogP contribution in [0.1, 0.15) is 18.4 Å².